The van der Waals surface area contributed by atoms with Gasteiger partial charge >= 0.3 is 5.97 Å². The van der Waals surface area contributed by atoms with Crippen LogP contribution in [0.2, 0.25) is 0 Å². The lowest BCUT2D eigenvalue weighted by Gasteiger charge is -2.12. The Bertz CT molecular complexity index is 787. The van der Waals surface area contributed by atoms with Crippen LogP contribution in [0, 0.1) is 5.92 Å². The van der Waals surface area contributed by atoms with Crippen molar-refractivity contribution in [2.75, 3.05) is 19.0 Å². The van der Waals surface area contributed by atoms with Gasteiger partial charge in [0.25, 0.3) is 0 Å². The van der Waals surface area contributed by atoms with Gasteiger partial charge in [0.2, 0.25) is 0 Å². The zero-order valence-electron chi connectivity index (χ0n) is 13.8. The van der Waals surface area contributed by atoms with Gasteiger partial charge in [0, 0.05) is 27.9 Å². The average molecular weight is 494 g/mol. The Labute approximate surface area is 166 Å². The van der Waals surface area contributed by atoms with Crippen LogP contribution in [-0.2, 0) is 4.79 Å². The van der Waals surface area contributed by atoms with Crippen LogP contribution in [0.1, 0.15) is 29.4 Å². The molecular weight excluding hydrogens is 476 g/mol. The quantitative estimate of drug-likeness (QED) is 0.298. The molecule has 1 N–H and O–H groups in total. The van der Waals surface area contributed by atoms with Crippen molar-refractivity contribution in [2.24, 2.45) is 5.92 Å². The number of carbonyl (C=O) groups excluding carboxylic acids is 1. The number of benzene rings is 1. The smallest absolute Gasteiger partial charge is 0.306 e. The highest BCUT2D eigenvalue weighted by Gasteiger charge is 2.21. The van der Waals surface area contributed by atoms with Crippen LogP contribution in [0.15, 0.2) is 16.6 Å². The minimum absolute atomic E-state index is 0.0223. The van der Waals surface area contributed by atoms with Gasteiger partial charge in [-0.1, -0.05) is 22.9 Å². The second-order valence-electron chi connectivity index (χ2n) is 5.50. The van der Waals surface area contributed by atoms with Gasteiger partial charge in [-0.05, 0) is 28.4 Å². The molecule has 0 aliphatic carbocycles. The molecule has 0 fully saturated rings. The normalized spacial score (nSPS) is 12.2. The molecule has 0 spiro atoms. The van der Waals surface area contributed by atoms with Crippen molar-refractivity contribution >= 4 is 65.0 Å². The molecule has 136 valence electrons. The molecule has 25 heavy (non-hydrogen) atoms. The summed E-state index contributed by atoms with van der Waals surface area (Å²) in [6.07, 6.45) is 0.833. The lowest BCUT2D eigenvalue weighted by molar-refractivity contribution is -0.141. The maximum Gasteiger partial charge on any atom is 0.306 e. The van der Waals surface area contributed by atoms with E-state index < -0.39 is 11.9 Å². The van der Waals surface area contributed by atoms with Gasteiger partial charge in [-0.3, -0.25) is 9.59 Å². The topological polar surface area (TPSA) is 72.8 Å². The molecule has 0 radical (unpaired) electrons. The summed E-state index contributed by atoms with van der Waals surface area (Å²) in [5, 5.41) is 10.7. The van der Waals surface area contributed by atoms with E-state index in [1.54, 1.807) is 13.2 Å². The maximum absolute atomic E-state index is 12.4. The Morgan fingerprint density at radius 1 is 1.36 bits per heavy atom. The summed E-state index contributed by atoms with van der Waals surface area (Å²) < 4.78 is 12.8. The Balaban J connectivity index is 2.37. The number of ether oxygens (including phenoxy) is 2. The van der Waals surface area contributed by atoms with Gasteiger partial charge < -0.3 is 14.6 Å². The molecule has 5 nitrogen and oxygen atoms in total. The van der Waals surface area contributed by atoms with E-state index in [1.165, 1.54) is 18.3 Å². The molecule has 2 aromatic rings. The van der Waals surface area contributed by atoms with Crippen molar-refractivity contribution in [1.82, 2.24) is 0 Å². The SMILES string of the molecule is COc1cc2sc(C(=O)CC(C)C(=O)O)cc2c(Br)c1OCCCBr. The molecule has 2 rings (SSSR count). The molecule has 0 aliphatic rings. The highest BCUT2D eigenvalue weighted by molar-refractivity contribution is 9.10. The van der Waals surface area contributed by atoms with Crippen LogP contribution in [0.3, 0.4) is 0 Å². The van der Waals surface area contributed by atoms with Crippen LogP contribution in [-0.4, -0.2) is 35.9 Å². The van der Waals surface area contributed by atoms with Crippen LogP contribution in [0.5, 0.6) is 11.5 Å². The first-order chi connectivity index (χ1) is 11.9. The fraction of sp³-hybridized carbons (Fsp3) is 0.412. The van der Waals surface area contributed by atoms with Crippen molar-refractivity contribution in [3.8, 4) is 11.5 Å². The van der Waals surface area contributed by atoms with Gasteiger partial charge in [-0.2, -0.15) is 0 Å². The number of thiophene rings is 1. The van der Waals surface area contributed by atoms with Crippen molar-refractivity contribution in [3.63, 3.8) is 0 Å². The van der Waals surface area contributed by atoms with Gasteiger partial charge in [-0.15, -0.1) is 11.3 Å². The number of carboxylic acids is 1. The Morgan fingerprint density at radius 3 is 2.68 bits per heavy atom. The van der Waals surface area contributed by atoms with E-state index in [-0.39, 0.29) is 12.2 Å². The number of carbonyl (C=O) groups is 2. The molecule has 0 amide bonds. The number of halogens is 2. The number of alkyl halides is 1. The zero-order chi connectivity index (χ0) is 18.6. The molecule has 0 aliphatic heterocycles. The van der Waals surface area contributed by atoms with E-state index in [9.17, 15) is 9.59 Å². The van der Waals surface area contributed by atoms with E-state index in [0.29, 0.717) is 23.0 Å². The molecule has 1 unspecified atom stereocenters. The monoisotopic (exact) mass is 492 g/mol. The largest absolute Gasteiger partial charge is 0.493 e. The summed E-state index contributed by atoms with van der Waals surface area (Å²) in [5.74, 6) is -0.664. The standard InChI is InChI=1S/C17H18Br2O5S/c1-9(17(21)22)6-11(20)14-7-10-13(25-14)8-12(23-2)16(15(10)19)24-5-3-4-18/h7-9H,3-6H2,1-2H3,(H,21,22). The van der Waals surface area contributed by atoms with Crippen LogP contribution in [0.4, 0.5) is 0 Å². The summed E-state index contributed by atoms with van der Waals surface area (Å²) in [5.41, 5.74) is 0. The minimum Gasteiger partial charge on any atom is -0.493 e. The predicted molar refractivity (Wildman–Crippen MR) is 106 cm³/mol. The summed E-state index contributed by atoms with van der Waals surface area (Å²) >= 11 is 8.24. The van der Waals surface area contributed by atoms with E-state index in [4.69, 9.17) is 14.6 Å². The number of hydrogen-bond acceptors (Lipinski definition) is 5. The van der Waals surface area contributed by atoms with Crippen molar-refractivity contribution in [3.05, 3.63) is 21.5 Å². The van der Waals surface area contributed by atoms with Gasteiger partial charge in [-0.25, -0.2) is 0 Å². The van der Waals surface area contributed by atoms with E-state index in [2.05, 4.69) is 31.9 Å². The number of hydrogen-bond donors (Lipinski definition) is 1. The molecule has 0 saturated carbocycles. The minimum atomic E-state index is -0.972. The molecular formula is C17H18Br2O5S. The van der Waals surface area contributed by atoms with Crippen molar-refractivity contribution in [1.29, 1.82) is 0 Å². The third-order valence-electron chi connectivity index (χ3n) is 3.61. The Hall–Kier alpha value is -1.12. The Kier molecular flexibility index (Phi) is 7.27. The fourth-order valence-corrected chi connectivity index (χ4v) is 4.26. The summed E-state index contributed by atoms with van der Waals surface area (Å²) in [4.78, 5) is 23.8. The molecule has 1 atom stereocenters. The number of fused-ring (bicyclic) bond motifs is 1. The number of Topliss-reactive ketones (excluding diaryl/α,β-unsaturated/α-hetero) is 1. The molecule has 0 bridgehead atoms. The molecule has 0 saturated heterocycles. The molecule has 1 aromatic carbocycles. The van der Waals surface area contributed by atoms with Crippen molar-refractivity contribution in [2.45, 2.75) is 19.8 Å². The third-order valence-corrected chi connectivity index (χ3v) is 6.09. The number of ketones is 1. The van der Waals surface area contributed by atoms with E-state index in [1.807, 2.05) is 6.07 Å². The van der Waals surface area contributed by atoms with Gasteiger partial charge in [0.1, 0.15) is 0 Å². The number of aliphatic carboxylic acids is 1. The number of methoxy groups -OCH3 is 1. The van der Waals surface area contributed by atoms with Gasteiger partial charge in [0.15, 0.2) is 17.3 Å². The second kappa shape index (κ2) is 9.00. The van der Waals surface area contributed by atoms with Crippen LogP contribution in [0.25, 0.3) is 10.1 Å². The lowest BCUT2D eigenvalue weighted by Crippen LogP contribution is -2.13. The molecule has 1 heterocycles. The highest BCUT2D eigenvalue weighted by atomic mass is 79.9. The first-order valence-corrected chi connectivity index (χ1v) is 10.4. The summed E-state index contributed by atoms with van der Waals surface area (Å²) in [7, 11) is 1.57. The number of carboxylic acid groups (broad SMARTS) is 1. The summed E-state index contributed by atoms with van der Waals surface area (Å²) in [6, 6.07) is 3.61. The average Bonchev–Trinajstić information content (AvgIpc) is 3.01. The van der Waals surface area contributed by atoms with Gasteiger partial charge in [0.05, 0.1) is 29.0 Å². The van der Waals surface area contributed by atoms with E-state index in [0.717, 1.165) is 26.3 Å². The predicted octanol–water partition coefficient (Wildman–Crippen LogP) is 5.13. The second-order valence-corrected chi connectivity index (χ2v) is 8.17. The lowest BCUT2D eigenvalue weighted by atomic mass is 10.0. The van der Waals surface area contributed by atoms with Crippen LogP contribution >= 0.6 is 43.2 Å². The van der Waals surface area contributed by atoms with Crippen LogP contribution < -0.4 is 9.47 Å². The highest BCUT2D eigenvalue weighted by Crippen LogP contribution is 2.44. The van der Waals surface area contributed by atoms with E-state index >= 15 is 0 Å². The summed E-state index contributed by atoms with van der Waals surface area (Å²) in [6.45, 7) is 2.07. The molecule has 1 aromatic heterocycles. The maximum atomic E-state index is 12.4. The molecule has 8 heteroatoms. The zero-order valence-corrected chi connectivity index (χ0v) is 17.8. The fourth-order valence-electron chi connectivity index (χ4n) is 2.22. The number of rotatable bonds is 9. The third kappa shape index (κ3) is 4.74. The first kappa shape index (κ1) is 20.2. The Morgan fingerprint density at radius 2 is 2.08 bits per heavy atom. The first-order valence-electron chi connectivity index (χ1n) is 7.63. The van der Waals surface area contributed by atoms with Crippen molar-refractivity contribution < 1.29 is 24.2 Å².